The number of halogens is 3. The van der Waals surface area contributed by atoms with Crippen LogP contribution in [0.15, 0.2) is 21.5 Å². The number of hydrogen-bond acceptors (Lipinski definition) is 3. The van der Waals surface area contributed by atoms with Gasteiger partial charge in [0.05, 0.1) is 0 Å². The summed E-state index contributed by atoms with van der Waals surface area (Å²) < 4.78 is 55.4. The van der Waals surface area contributed by atoms with Gasteiger partial charge in [-0.1, -0.05) is 0 Å². The van der Waals surface area contributed by atoms with E-state index in [0.29, 0.717) is 0 Å². The molecule has 0 N–H and O–H groups in total. The third kappa shape index (κ3) is 1.72. The number of allylic oxidation sites excluding steroid dienone is 4. The van der Waals surface area contributed by atoms with Crippen molar-refractivity contribution in [1.29, 1.82) is 0 Å². The van der Waals surface area contributed by atoms with Crippen molar-refractivity contribution >= 4 is 10.9 Å². The normalized spacial score (nSPS) is 19.4. The van der Waals surface area contributed by atoms with Crippen LogP contribution in [0.1, 0.15) is 6.42 Å². The Morgan fingerprint density at radius 2 is 1.62 bits per heavy atom. The SMILES string of the molecule is C[O][Zr]([O]C)([O]C)([C]1=CC=CC1)[Ge]([F])([F])[F]. The second-order valence-electron chi connectivity index (χ2n) is 3.42. The molecule has 93 valence electrons. The van der Waals surface area contributed by atoms with Gasteiger partial charge in [0.2, 0.25) is 0 Å². The summed E-state index contributed by atoms with van der Waals surface area (Å²) in [6.45, 7) is 0. The van der Waals surface area contributed by atoms with Crippen molar-refractivity contribution < 1.29 is 36.5 Å². The molecule has 0 fully saturated rings. The van der Waals surface area contributed by atoms with Gasteiger partial charge >= 0.3 is 96.7 Å². The molecule has 0 atom stereocenters. The first-order chi connectivity index (χ1) is 7.37. The average molecular weight is 379 g/mol. The predicted molar refractivity (Wildman–Crippen MR) is 51.9 cm³/mol. The zero-order valence-corrected chi connectivity index (χ0v) is 13.9. The zero-order chi connectivity index (χ0) is 12.5. The molecule has 0 aromatic carbocycles. The Morgan fingerprint density at radius 3 is 1.88 bits per heavy atom. The molecule has 0 spiro atoms. The molecule has 0 saturated heterocycles. The fourth-order valence-corrected chi connectivity index (χ4v) is 25.2. The van der Waals surface area contributed by atoms with Crippen LogP contribution >= 0.6 is 0 Å². The summed E-state index contributed by atoms with van der Waals surface area (Å²) in [7, 11) is -3.66. The summed E-state index contributed by atoms with van der Waals surface area (Å²) in [5.74, 6) is 0. The topological polar surface area (TPSA) is 27.7 Å². The Bertz CT molecular complexity index is 325. The molecule has 16 heavy (non-hydrogen) atoms. The van der Waals surface area contributed by atoms with Gasteiger partial charge in [-0.15, -0.1) is 0 Å². The number of hydrogen-bond donors (Lipinski definition) is 0. The van der Waals surface area contributed by atoms with Crippen molar-refractivity contribution in [2.45, 2.75) is 6.42 Å². The van der Waals surface area contributed by atoms with E-state index < -0.39 is 28.5 Å². The molecule has 3 nitrogen and oxygen atoms in total. The third-order valence-electron chi connectivity index (χ3n) is 2.93. The maximum atomic E-state index is 13.5. The molecule has 0 amide bonds. The maximum absolute atomic E-state index is 13.5. The summed E-state index contributed by atoms with van der Waals surface area (Å²) in [5.41, 5.74) is 0. The predicted octanol–water partition coefficient (Wildman–Crippen LogP) is 2.55. The zero-order valence-electron chi connectivity index (χ0n) is 9.30. The molecule has 0 aromatic rings. The van der Waals surface area contributed by atoms with Crippen molar-refractivity contribution in [3.8, 4) is 0 Å². The standard InChI is InChI=1S/C5H5.3CH3O.F3Ge.Zr/c1-2-4-5-3-1;3*1-2;1-4(2)3;/h1-3H,4H2;3*1H3;;/q;3*-1;;+3. The van der Waals surface area contributed by atoms with Crippen LogP contribution in [0.5, 0.6) is 0 Å². The van der Waals surface area contributed by atoms with Crippen molar-refractivity contribution in [3.63, 3.8) is 0 Å². The Balaban J connectivity index is 3.41. The molecule has 0 aromatic heterocycles. The molecule has 1 aliphatic carbocycles. The molecular formula is C8H14F3GeO3Zr. The Labute approximate surface area is 96.2 Å². The van der Waals surface area contributed by atoms with Gasteiger partial charge in [-0.25, -0.2) is 0 Å². The van der Waals surface area contributed by atoms with Gasteiger partial charge in [0.1, 0.15) is 0 Å². The van der Waals surface area contributed by atoms with Crippen LogP contribution < -0.4 is 0 Å². The quantitative estimate of drug-likeness (QED) is 0.688. The van der Waals surface area contributed by atoms with Gasteiger partial charge in [-0.05, 0) is 0 Å². The van der Waals surface area contributed by atoms with E-state index in [0.717, 1.165) is 21.3 Å². The fraction of sp³-hybridized carbons (Fsp3) is 0.500. The van der Waals surface area contributed by atoms with Crippen LogP contribution in [0.2, 0.25) is 0 Å². The molecule has 0 radical (unpaired) electrons. The summed E-state index contributed by atoms with van der Waals surface area (Å²) >= 11 is -6.07. The third-order valence-corrected chi connectivity index (χ3v) is 38.2. The molecule has 0 saturated carbocycles. The van der Waals surface area contributed by atoms with Crippen LogP contribution in [-0.2, 0) is 26.0 Å². The van der Waals surface area contributed by atoms with Crippen molar-refractivity contribution in [3.05, 3.63) is 21.5 Å². The summed E-state index contributed by atoms with van der Waals surface area (Å²) in [4.78, 5) is 0. The van der Waals surface area contributed by atoms with E-state index in [1.54, 1.807) is 12.2 Å². The number of rotatable bonds is 5. The van der Waals surface area contributed by atoms with Crippen LogP contribution in [-0.4, -0.2) is 32.2 Å². The average Bonchev–Trinajstić information content (AvgIpc) is 2.74. The van der Waals surface area contributed by atoms with Gasteiger partial charge in [-0.3, -0.25) is 0 Å². The first kappa shape index (κ1) is 14.6. The van der Waals surface area contributed by atoms with E-state index in [1.807, 2.05) is 0 Å². The first-order valence-corrected chi connectivity index (χ1v) is 18.7. The Kier molecular flexibility index (Phi) is 4.29. The molecule has 0 heterocycles. The molecule has 1 aliphatic rings. The Hall–Kier alpha value is 0.576. The second-order valence-corrected chi connectivity index (χ2v) is 32.9. The van der Waals surface area contributed by atoms with Gasteiger partial charge in [-0.2, -0.15) is 0 Å². The summed E-state index contributed by atoms with van der Waals surface area (Å²) in [6.07, 6.45) is 4.84. The fourth-order valence-electron chi connectivity index (χ4n) is 1.94. The van der Waals surface area contributed by atoms with E-state index in [4.69, 9.17) is 8.44 Å². The van der Waals surface area contributed by atoms with Crippen molar-refractivity contribution in [2.24, 2.45) is 0 Å². The molecule has 0 unspecified atom stereocenters. The van der Waals surface area contributed by atoms with Crippen molar-refractivity contribution in [1.82, 2.24) is 0 Å². The van der Waals surface area contributed by atoms with Crippen molar-refractivity contribution in [2.75, 3.05) is 21.3 Å². The minimum atomic E-state index is -6.77. The molecule has 8 heteroatoms. The van der Waals surface area contributed by atoms with Gasteiger partial charge < -0.3 is 0 Å². The van der Waals surface area contributed by atoms with E-state index in [1.165, 1.54) is 6.08 Å². The monoisotopic (exact) mass is 379 g/mol. The van der Waals surface area contributed by atoms with Crippen LogP contribution in [0.4, 0.5) is 10.5 Å². The van der Waals surface area contributed by atoms with Gasteiger partial charge in [0.15, 0.2) is 0 Å². The summed E-state index contributed by atoms with van der Waals surface area (Å²) in [5, 5.41) is 0. The van der Waals surface area contributed by atoms with E-state index in [-0.39, 0.29) is 9.70 Å². The van der Waals surface area contributed by atoms with Gasteiger partial charge in [0.25, 0.3) is 0 Å². The molecule has 1 rings (SSSR count). The van der Waals surface area contributed by atoms with Gasteiger partial charge in [0, 0.05) is 0 Å². The van der Waals surface area contributed by atoms with E-state index in [9.17, 15) is 10.5 Å². The summed E-state index contributed by atoms with van der Waals surface area (Å²) in [6, 6.07) is 0. The minimum absolute atomic E-state index is 0.154. The first-order valence-electron chi connectivity index (χ1n) is 4.62. The molecule has 0 aliphatic heterocycles. The molecule has 0 bridgehead atoms. The molecular weight excluding hydrogens is 365 g/mol. The second kappa shape index (κ2) is 4.69. The van der Waals surface area contributed by atoms with Crippen LogP contribution in [0.3, 0.4) is 0 Å². The van der Waals surface area contributed by atoms with Crippen LogP contribution in [0, 0.1) is 0 Å². The van der Waals surface area contributed by atoms with Crippen LogP contribution in [0.25, 0.3) is 0 Å². The van der Waals surface area contributed by atoms with E-state index in [2.05, 4.69) is 0 Å². The van der Waals surface area contributed by atoms with E-state index >= 15 is 0 Å². The Morgan fingerprint density at radius 1 is 1.12 bits per heavy atom.